The zero-order valence-electron chi connectivity index (χ0n) is 9.07. The molecule has 0 aliphatic rings. The summed E-state index contributed by atoms with van der Waals surface area (Å²) in [6, 6.07) is 3.22. The first-order valence-electron chi connectivity index (χ1n) is 4.62. The van der Waals surface area contributed by atoms with Gasteiger partial charge in [0.25, 0.3) is 0 Å². The predicted molar refractivity (Wildman–Crippen MR) is 53.5 cm³/mol. The predicted octanol–water partition coefficient (Wildman–Crippen LogP) is 2.05. The van der Waals surface area contributed by atoms with Crippen molar-refractivity contribution in [1.29, 1.82) is 0 Å². The maximum atomic E-state index is 11.6. The lowest BCUT2D eigenvalue weighted by Gasteiger charge is -2.19. The van der Waals surface area contributed by atoms with Crippen LogP contribution >= 0.6 is 0 Å². The van der Waals surface area contributed by atoms with Crippen LogP contribution in [0.1, 0.15) is 30.8 Å². The monoisotopic (exact) mass is 210 g/mol. The molecule has 0 unspecified atom stereocenters. The van der Waals surface area contributed by atoms with Crippen LogP contribution in [0.4, 0.5) is 0 Å². The Bertz CT molecular complexity index is 349. The van der Waals surface area contributed by atoms with Crippen molar-refractivity contribution < 1.29 is 18.7 Å². The molecule has 1 heterocycles. The first-order valence-corrected chi connectivity index (χ1v) is 4.62. The molecule has 15 heavy (non-hydrogen) atoms. The third-order valence-electron chi connectivity index (χ3n) is 2.14. The second-order valence-corrected chi connectivity index (χ2v) is 3.95. The maximum Gasteiger partial charge on any atom is 0.311 e. The van der Waals surface area contributed by atoms with Crippen LogP contribution in [0.3, 0.4) is 0 Å². The molecule has 0 spiro atoms. The summed E-state index contributed by atoms with van der Waals surface area (Å²) >= 11 is 0. The lowest BCUT2D eigenvalue weighted by Crippen LogP contribution is -2.28. The van der Waals surface area contributed by atoms with Gasteiger partial charge >= 0.3 is 5.97 Å². The van der Waals surface area contributed by atoms with Crippen molar-refractivity contribution in [2.24, 2.45) is 5.41 Å². The lowest BCUT2D eigenvalue weighted by atomic mass is 9.87. The third kappa shape index (κ3) is 2.68. The Morgan fingerprint density at radius 1 is 1.47 bits per heavy atom. The van der Waals surface area contributed by atoms with Crippen LogP contribution in [0.25, 0.3) is 0 Å². The third-order valence-corrected chi connectivity index (χ3v) is 2.14. The van der Waals surface area contributed by atoms with E-state index in [-0.39, 0.29) is 18.0 Å². The van der Waals surface area contributed by atoms with E-state index in [1.165, 1.54) is 13.4 Å². The number of ether oxygens (including phenoxy) is 1. The van der Waals surface area contributed by atoms with Gasteiger partial charge in [0.05, 0.1) is 18.8 Å². The summed E-state index contributed by atoms with van der Waals surface area (Å²) in [5.74, 6) is -0.329. The Labute approximate surface area is 88.2 Å². The highest BCUT2D eigenvalue weighted by Gasteiger charge is 2.32. The Hall–Kier alpha value is -1.58. The number of hydrogen-bond donors (Lipinski definition) is 0. The minimum absolute atomic E-state index is 0.0766. The van der Waals surface area contributed by atoms with Gasteiger partial charge < -0.3 is 9.15 Å². The number of carbonyl (C=O) groups excluding carboxylic acids is 2. The van der Waals surface area contributed by atoms with Crippen LogP contribution in [-0.4, -0.2) is 18.9 Å². The lowest BCUT2D eigenvalue weighted by molar-refractivity contribution is -0.150. The molecule has 0 N–H and O–H groups in total. The highest BCUT2D eigenvalue weighted by molar-refractivity contribution is 5.96. The SMILES string of the molecule is COC(=O)C(C)(C)CC(=O)c1ccco1. The van der Waals surface area contributed by atoms with E-state index in [0.29, 0.717) is 0 Å². The van der Waals surface area contributed by atoms with Crippen LogP contribution in [0.15, 0.2) is 22.8 Å². The van der Waals surface area contributed by atoms with Gasteiger partial charge in [0, 0.05) is 6.42 Å². The van der Waals surface area contributed by atoms with Crippen molar-refractivity contribution in [3.8, 4) is 0 Å². The molecule has 1 rings (SSSR count). The van der Waals surface area contributed by atoms with Gasteiger partial charge in [0.2, 0.25) is 0 Å². The smallest absolute Gasteiger partial charge is 0.311 e. The number of ketones is 1. The molecule has 0 atom stereocenters. The van der Waals surface area contributed by atoms with Crippen LogP contribution in [0.2, 0.25) is 0 Å². The normalized spacial score (nSPS) is 11.1. The molecule has 4 heteroatoms. The fraction of sp³-hybridized carbons (Fsp3) is 0.455. The molecule has 0 bridgehead atoms. The topological polar surface area (TPSA) is 56.5 Å². The number of rotatable bonds is 4. The largest absolute Gasteiger partial charge is 0.469 e. The molecule has 0 aromatic carbocycles. The van der Waals surface area contributed by atoms with E-state index in [4.69, 9.17) is 4.42 Å². The second kappa shape index (κ2) is 4.29. The summed E-state index contributed by atoms with van der Waals surface area (Å²) in [5, 5.41) is 0. The summed E-state index contributed by atoms with van der Waals surface area (Å²) in [7, 11) is 1.31. The Morgan fingerprint density at radius 2 is 2.13 bits per heavy atom. The average Bonchev–Trinajstić information content (AvgIpc) is 2.68. The fourth-order valence-corrected chi connectivity index (χ4v) is 1.27. The van der Waals surface area contributed by atoms with E-state index in [9.17, 15) is 9.59 Å². The van der Waals surface area contributed by atoms with E-state index in [2.05, 4.69) is 4.74 Å². The zero-order valence-corrected chi connectivity index (χ0v) is 9.07. The molecular weight excluding hydrogens is 196 g/mol. The minimum atomic E-state index is -0.821. The Kier molecular flexibility index (Phi) is 3.29. The van der Waals surface area contributed by atoms with Gasteiger partial charge in [-0.1, -0.05) is 0 Å². The summed E-state index contributed by atoms with van der Waals surface area (Å²) in [6.07, 6.45) is 1.51. The molecule has 0 aliphatic heterocycles. The molecule has 1 aromatic heterocycles. The van der Waals surface area contributed by atoms with Gasteiger partial charge in [-0.05, 0) is 26.0 Å². The van der Waals surface area contributed by atoms with Crippen molar-refractivity contribution in [3.05, 3.63) is 24.2 Å². The van der Waals surface area contributed by atoms with Gasteiger partial charge in [-0.3, -0.25) is 9.59 Å². The highest BCUT2D eigenvalue weighted by atomic mass is 16.5. The van der Waals surface area contributed by atoms with Crippen molar-refractivity contribution >= 4 is 11.8 Å². The fourth-order valence-electron chi connectivity index (χ4n) is 1.27. The zero-order chi connectivity index (χ0) is 11.5. The standard InChI is InChI=1S/C11H14O4/c1-11(2,10(13)14-3)7-8(12)9-5-4-6-15-9/h4-6H,7H2,1-3H3. The van der Waals surface area contributed by atoms with Gasteiger partial charge in [0.1, 0.15) is 0 Å². The van der Waals surface area contributed by atoms with Crippen molar-refractivity contribution in [2.75, 3.05) is 7.11 Å². The van der Waals surface area contributed by atoms with E-state index in [1.807, 2.05) is 0 Å². The molecule has 0 fully saturated rings. The molecule has 1 aromatic rings. The summed E-state index contributed by atoms with van der Waals surface area (Å²) < 4.78 is 9.56. The van der Waals surface area contributed by atoms with Crippen molar-refractivity contribution in [3.63, 3.8) is 0 Å². The minimum Gasteiger partial charge on any atom is -0.469 e. The molecule has 0 amide bonds. The molecule has 0 aliphatic carbocycles. The first kappa shape index (κ1) is 11.5. The van der Waals surface area contributed by atoms with E-state index < -0.39 is 11.4 Å². The molecule has 0 saturated carbocycles. The molecule has 82 valence electrons. The summed E-state index contributed by atoms with van der Waals surface area (Å²) in [6.45, 7) is 3.33. The summed E-state index contributed by atoms with van der Waals surface area (Å²) in [4.78, 5) is 23.0. The second-order valence-electron chi connectivity index (χ2n) is 3.95. The van der Waals surface area contributed by atoms with Crippen LogP contribution in [0, 0.1) is 5.41 Å². The number of furan rings is 1. The quantitative estimate of drug-likeness (QED) is 0.563. The van der Waals surface area contributed by atoms with E-state index in [1.54, 1.807) is 26.0 Å². The number of carbonyl (C=O) groups is 2. The van der Waals surface area contributed by atoms with Crippen molar-refractivity contribution in [1.82, 2.24) is 0 Å². The van der Waals surface area contributed by atoms with Crippen molar-refractivity contribution in [2.45, 2.75) is 20.3 Å². The van der Waals surface area contributed by atoms with Gasteiger partial charge in [0.15, 0.2) is 11.5 Å². The highest BCUT2D eigenvalue weighted by Crippen LogP contribution is 2.24. The van der Waals surface area contributed by atoms with Crippen LogP contribution in [0.5, 0.6) is 0 Å². The van der Waals surface area contributed by atoms with Gasteiger partial charge in [-0.25, -0.2) is 0 Å². The Balaban J connectivity index is 2.70. The van der Waals surface area contributed by atoms with Gasteiger partial charge in [-0.2, -0.15) is 0 Å². The number of Topliss-reactive ketones (excluding diaryl/α,β-unsaturated/α-hetero) is 1. The first-order chi connectivity index (χ1) is 6.97. The van der Waals surface area contributed by atoms with Crippen LogP contribution in [-0.2, 0) is 9.53 Å². The number of methoxy groups -OCH3 is 1. The Morgan fingerprint density at radius 3 is 2.60 bits per heavy atom. The van der Waals surface area contributed by atoms with Gasteiger partial charge in [-0.15, -0.1) is 0 Å². The average molecular weight is 210 g/mol. The van der Waals surface area contributed by atoms with Crippen LogP contribution < -0.4 is 0 Å². The summed E-state index contributed by atoms with van der Waals surface area (Å²) in [5.41, 5.74) is -0.821. The number of esters is 1. The molecule has 0 radical (unpaired) electrons. The molecule has 4 nitrogen and oxygen atoms in total. The molecular formula is C11H14O4. The number of hydrogen-bond acceptors (Lipinski definition) is 4. The maximum absolute atomic E-state index is 11.6. The van der Waals surface area contributed by atoms with E-state index in [0.717, 1.165) is 0 Å². The van der Waals surface area contributed by atoms with E-state index >= 15 is 0 Å². The molecule has 0 saturated heterocycles.